The first-order valence-electron chi connectivity index (χ1n) is 4.82. The van der Waals surface area contributed by atoms with Gasteiger partial charge in [0.2, 0.25) is 5.96 Å². The second kappa shape index (κ2) is 6.34. The Morgan fingerprint density at radius 1 is 1.50 bits per heavy atom. The van der Waals surface area contributed by atoms with Gasteiger partial charge in [0.25, 0.3) is 0 Å². The largest absolute Gasteiger partial charge is 0.497 e. The Balaban J connectivity index is 2.87. The van der Waals surface area contributed by atoms with Crippen LogP contribution in [0.15, 0.2) is 27.7 Å². The number of nitrogens with one attached hydrogen (secondary N) is 2. The molecular weight excluding hydrogens is 272 g/mol. The molecule has 16 heavy (non-hydrogen) atoms. The van der Waals surface area contributed by atoms with Crippen molar-refractivity contribution >= 4 is 27.6 Å². The number of benzene rings is 1. The monoisotopic (exact) mass is 286 g/mol. The predicted octanol–water partition coefficient (Wildman–Crippen LogP) is 1.71. The van der Waals surface area contributed by atoms with Gasteiger partial charge in [-0.3, -0.25) is 10.4 Å². The molecule has 4 N–H and O–H groups in total. The van der Waals surface area contributed by atoms with Crippen LogP contribution in [0.1, 0.15) is 6.92 Å². The molecule has 0 aliphatic heterocycles. The molecule has 0 atom stereocenters. The van der Waals surface area contributed by atoms with E-state index in [4.69, 9.17) is 10.6 Å². The highest BCUT2D eigenvalue weighted by molar-refractivity contribution is 9.10. The fraction of sp³-hybridized carbons (Fsp3) is 0.300. The van der Waals surface area contributed by atoms with Gasteiger partial charge in [-0.15, -0.1) is 0 Å². The smallest absolute Gasteiger partial charge is 0.210 e. The quantitative estimate of drug-likeness (QED) is 0.342. The molecule has 6 heteroatoms. The third-order valence-corrected chi connectivity index (χ3v) is 2.28. The summed E-state index contributed by atoms with van der Waals surface area (Å²) in [5.74, 6) is 6.60. The lowest BCUT2D eigenvalue weighted by atomic mass is 10.3. The van der Waals surface area contributed by atoms with Crippen LogP contribution >= 0.6 is 15.9 Å². The van der Waals surface area contributed by atoms with Crippen LogP contribution in [0.5, 0.6) is 5.75 Å². The van der Waals surface area contributed by atoms with Gasteiger partial charge in [0.15, 0.2) is 0 Å². The zero-order chi connectivity index (χ0) is 12.0. The van der Waals surface area contributed by atoms with Crippen molar-refractivity contribution < 1.29 is 4.74 Å². The first-order valence-corrected chi connectivity index (χ1v) is 5.61. The molecule has 0 aliphatic rings. The van der Waals surface area contributed by atoms with Gasteiger partial charge >= 0.3 is 0 Å². The lowest BCUT2D eigenvalue weighted by Gasteiger charge is -2.10. The van der Waals surface area contributed by atoms with Crippen molar-refractivity contribution in [3.05, 3.63) is 22.7 Å². The highest BCUT2D eigenvalue weighted by atomic mass is 79.9. The highest BCUT2D eigenvalue weighted by Crippen LogP contribution is 2.24. The predicted molar refractivity (Wildman–Crippen MR) is 69.6 cm³/mol. The van der Waals surface area contributed by atoms with Crippen LogP contribution in [0.2, 0.25) is 0 Å². The number of rotatable bonds is 3. The summed E-state index contributed by atoms with van der Waals surface area (Å²) in [4.78, 5) is 4.14. The summed E-state index contributed by atoms with van der Waals surface area (Å²) < 4.78 is 6.07. The number of ether oxygens (including phenoxy) is 1. The number of hydrogen-bond donors (Lipinski definition) is 3. The Morgan fingerprint density at radius 3 is 2.81 bits per heavy atom. The van der Waals surface area contributed by atoms with E-state index in [9.17, 15) is 0 Å². The Kier molecular flexibility index (Phi) is 5.07. The maximum absolute atomic E-state index is 5.33. The molecule has 1 aromatic carbocycles. The van der Waals surface area contributed by atoms with Gasteiger partial charge < -0.3 is 10.1 Å². The van der Waals surface area contributed by atoms with Crippen molar-refractivity contribution in [2.45, 2.75) is 6.92 Å². The summed E-state index contributed by atoms with van der Waals surface area (Å²) in [5.41, 5.74) is 3.34. The van der Waals surface area contributed by atoms with Gasteiger partial charge in [-0.1, -0.05) is 15.9 Å². The van der Waals surface area contributed by atoms with Crippen molar-refractivity contribution in [2.24, 2.45) is 10.8 Å². The number of hydrazine groups is 1. The third-order valence-electron chi connectivity index (χ3n) is 1.82. The zero-order valence-corrected chi connectivity index (χ0v) is 10.8. The Bertz CT molecular complexity index is 381. The second-order valence-corrected chi connectivity index (χ2v) is 3.89. The van der Waals surface area contributed by atoms with Crippen molar-refractivity contribution in [3.63, 3.8) is 0 Å². The summed E-state index contributed by atoms with van der Waals surface area (Å²) in [6.45, 7) is 2.58. The maximum atomic E-state index is 5.33. The molecule has 0 unspecified atom stereocenters. The lowest BCUT2D eigenvalue weighted by molar-refractivity contribution is 0.415. The van der Waals surface area contributed by atoms with E-state index >= 15 is 0 Å². The minimum absolute atomic E-state index is 0.516. The average Bonchev–Trinajstić information content (AvgIpc) is 2.27. The van der Waals surface area contributed by atoms with E-state index in [0.717, 1.165) is 15.9 Å². The van der Waals surface area contributed by atoms with E-state index < -0.39 is 0 Å². The number of nitrogens with two attached hydrogens (primary N) is 1. The van der Waals surface area contributed by atoms with Gasteiger partial charge in [-0.2, -0.15) is 0 Å². The Morgan fingerprint density at radius 2 is 2.25 bits per heavy atom. The molecular formula is C10H15BrN4O. The highest BCUT2D eigenvalue weighted by Gasteiger charge is 2.01. The van der Waals surface area contributed by atoms with Gasteiger partial charge in [0, 0.05) is 22.8 Å². The zero-order valence-electron chi connectivity index (χ0n) is 9.25. The van der Waals surface area contributed by atoms with E-state index in [1.54, 1.807) is 7.11 Å². The van der Waals surface area contributed by atoms with Crippen molar-refractivity contribution in [2.75, 3.05) is 19.0 Å². The molecule has 0 bridgehead atoms. The summed E-state index contributed by atoms with van der Waals surface area (Å²) >= 11 is 3.39. The lowest BCUT2D eigenvalue weighted by Crippen LogP contribution is -2.36. The molecule has 0 fully saturated rings. The van der Waals surface area contributed by atoms with Crippen LogP contribution in [0.3, 0.4) is 0 Å². The fourth-order valence-corrected chi connectivity index (χ4v) is 1.64. The second-order valence-electron chi connectivity index (χ2n) is 2.97. The van der Waals surface area contributed by atoms with Gasteiger partial charge in [-0.25, -0.2) is 5.84 Å². The van der Waals surface area contributed by atoms with Gasteiger partial charge in [0.1, 0.15) is 5.75 Å². The summed E-state index contributed by atoms with van der Waals surface area (Å²) in [6, 6.07) is 5.63. The Hall–Kier alpha value is -1.27. The number of aliphatic imine (C=N–C) groups is 1. The van der Waals surface area contributed by atoms with E-state index in [1.807, 2.05) is 25.1 Å². The first-order chi connectivity index (χ1) is 7.69. The molecule has 0 saturated heterocycles. The van der Waals surface area contributed by atoms with E-state index in [-0.39, 0.29) is 0 Å². The molecule has 0 spiro atoms. The molecule has 88 valence electrons. The van der Waals surface area contributed by atoms with Crippen LogP contribution < -0.4 is 21.3 Å². The summed E-state index contributed by atoms with van der Waals surface area (Å²) in [5, 5.41) is 3.05. The van der Waals surface area contributed by atoms with Crippen LogP contribution in [0.25, 0.3) is 0 Å². The minimum Gasteiger partial charge on any atom is -0.497 e. The van der Waals surface area contributed by atoms with Gasteiger partial charge in [0.05, 0.1) is 7.11 Å². The van der Waals surface area contributed by atoms with Crippen LogP contribution in [0.4, 0.5) is 5.69 Å². The molecule has 0 amide bonds. The molecule has 0 aliphatic carbocycles. The standard InChI is InChI=1S/C10H15BrN4O/c1-3-13-10(15-12)14-8-4-7(11)5-9(6-8)16-2/h4-6H,3,12H2,1-2H3,(H2,13,14,15). The SMILES string of the molecule is CCN=C(NN)Nc1cc(Br)cc(OC)c1. The van der Waals surface area contributed by atoms with Crippen LogP contribution in [-0.2, 0) is 0 Å². The first kappa shape index (κ1) is 12.8. The molecule has 5 nitrogen and oxygen atoms in total. The van der Waals surface area contributed by atoms with Crippen molar-refractivity contribution in [3.8, 4) is 5.75 Å². The molecule has 1 rings (SSSR count). The van der Waals surface area contributed by atoms with E-state index in [0.29, 0.717) is 12.5 Å². The molecule has 0 saturated carbocycles. The maximum Gasteiger partial charge on any atom is 0.210 e. The summed E-state index contributed by atoms with van der Waals surface area (Å²) in [7, 11) is 1.62. The molecule has 0 radical (unpaired) electrons. The van der Waals surface area contributed by atoms with Crippen molar-refractivity contribution in [1.29, 1.82) is 0 Å². The van der Waals surface area contributed by atoms with Crippen LogP contribution in [0, 0.1) is 0 Å². The number of hydrogen-bond acceptors (Lipinski definition) is 3. The van der Waals surface area contributed by atoms with Crippen LogP contribution in [-0.4, -0.2) is 19.6 Å². The van der Waals surface area contributed by atoms with E-state index in [1.165, 1.54) is 0 Å². The fourth-order valence-electron chi connectivity index (χ4n) is 1.17. The number of guanidine groups is 1. The van der Waals surface area contributed by atoms with Crippen molar-refractivity contribution in [1.82, 2.24) is 5.43 Å². The Labute approximate surface area is 103 Å². The van der Waals surface area contributed by atoms with E-state index in [2.05, 4.69) is 31.7 Å². The number of nitrogens with zero attached hydrogens (tertiary/aromatic N) is 1. The number of anilines is 1. The number of halogens is 1. The summed E-state index contributed by atoms with van der Waals surface area (Å²) in [6.07, 6.45) is 0. The molecule has 1 aromatic rings. The normalized spacial score (nSPS) is 11.1. The third kappa shape index (κ3) is 3.71. The molecule has 0 heterocycles. The topological polar surface area (TPSA) is 71.7 Å². The average molecular weight is 287 g/mol. The number of methoxy groups -OCH3 is 1. The minimum atomic E-state index is 0.516. The van der Waals surface area contributed by atoms with Gasteiger partial charge in [-0.05, 0) is 19.1 Å². The molecule has 0 aromatic heterocycles.